The smallest absolute Gasteiger partial charge is 0.277 e. The molecule has 1 unspecified atom stereocenters. The van der Waals surface area contributed by atoms with Crippen molar-refractivity contribution in [1.29, 1.82) is 5.26 Å². The molecule has 4 aromatic rings. The van der Waals surface area contributed by atoms with Crippen LogP contribution in [0, 0.1) is 24.1 Å². The molecule has 0 saturated carbocycles. The number of hydrogen-bond donors (Lipinski definition) is 1. The largest absolute Gasteiger partial charge is 0.492 e. The van der Waals surface area contributed by atoms with Crippen LogP contribution in [0.3, 0.4) is 0 Å². The zero-order chi connectivity index (χ0) is 29.7. The highest BCUT2D eigenvalue weighted by Crippen LogP contribution is 2.31. The van der Waals surface area contributed by atoms with Gasteiger partial charge in [-0.15, -0.1) is 0 Å². The Morgan fingerprint density at radius 1 is 1.17 bits per heavy atom. The van der Waals surface area contributed by atoms with Crippen molar-refractivity contribution in [3.05, 3.63) is 99.6 Å². The number of nitrogens with zero attached hydrogens (tertiary/aromatic N) is 4. The van der Waals surface area contributed by atoms with Crippen molar-refractivity contribution in [2.75, 3.05) is 20.3 Å². The van der Waals surface area contributed by atoms with E-state index in [1.165, 1.54) is 25.4 Å². The molecule has 12 heteroatoms. The van der Waals surface area contributed by atoms with E-state index in [4.69, 9.17) is 9.47 Å². The number of aromatic hydroxyl groups is 1. The topological polar surface area (TPSA) is 144 Å². The number of ether oxygens (including phenoxy) is 2. The second kappa shape index (κ2) is 12.4. The quantitative estimate of drug-likeness (QED) is 0.296. The van der Waals surface area contributed by atoms with E-state index in [1.807, 2.05) is 6.07 Å². The van der Waals surface area contributed by atoms with Crippen LogP contribution in [-0.2, 0) is 25.9 Å². The van der Waals surface area contributed by atoms with Crippen molar-refractivity contribution >= 4 is 9.84 Å². The fraction of sp³-hybridized carbons (Fsp3) is 0.241. The maximum atomic E-state index is 15.3. The molecular weight excluding hydrogens is 551 g/mol. The van der Waals surface area contributed by atoms with Gasteiger partial charge < -0.3 is 14.6 Å². The molecule has 2 heterocycles. The van der Waals surface area contributed by atoms with E-state index in [1.54, 1.807) is 44.3 Å². The summed E-state index contributed by atoms with van der Waals surface area (Å²) in [7, 11) is -3.37. The Balaban J connectivity index is 1.93. The van der Waals surface area contributed by atoms with E-state index in [0.29, 0.717) is 22.3 Å². The molecule has 2 aromatic heterocycles. The Hall–Kier alpha value is -4.44. The predicted molar refractivity (Wildman–Crippen MR) is 146 cm³/mol. The standard InChI is InChI=1S/C29H27FN4O6S/c1-4-40-17-26-33-28(35)27(29(36)34(26)25(16-39-3)20-7-5-6-19(12-20)14-31)41(37,38)21-8-9-23(24(30)13-21)22-10-11-32-15-18(22)2/h5-13,15,25,35H,4,16-17H2,1-3H3. The van der Waals surface area contributed by atoms with Gasteiger partial charge in [0.15, 0.2) is 4.90 Å². The van der Waals surface area contributed by atoms with Crippen LogP contribution in [0.1, 0.15) is 35.5 Å². The van der Waals surface area contributed by atoms with Crippen LogP contribution in [-0.4, -0.2) is 48.4 Å². The number of aryl methyl sites for hydroxylation is 1. The van der Waals surface area contributed by atoms with Crippen molar-refractivity contribution in [2.45, 2.75) is 36.3 Å². The van der Waals surface area contributed by atoms with Gasteiger partial charge in [0.1, 0.15) is 18.2 Å². The summed E-state index contributed by atoms with van der Waals surface area (Å²) in [5, 5.41) is 20.1. The molecule has 0 radical (unpaired) electrons. The highest BCUT2D eigenvalue weighted by atomic mass is 32.2. The van der Waals surface area contributed by atoms with Gasteiger partial charge >= 0.3 is 0 Å². The molecule has 212 valence electrons. The van der Waals surface area contributed by atoms with E-state index in [2.05, 4.69) is 9.97 Å². The Kier molecular flexibility index (Phi) is 8.92. The number of methoxy groups -OCH3 is 1. The lowest BCUT2D eigenvalue weighted by Crippen LogP contribution is -2.35. The zero-order valence-corrected chi connectivity index (χ0v) is 23.4. The maximum Gasteiger partial charge on any atom is 0.277 e. The van der Waals surface area contributed by atoms with Gasteiger partial charge in [0.2, 0.25) is 15.7 Å². The Morgan fingerprint density at radius 3 is 2.61 bits per heavy atom. The van der Waals surface area contributed by atoms with Gasteiger partial charge in [-0.05, 0) is 60.9 Å². The fourth-order valence-corrected chi connectivity index (χ4v) is 5.82. The summed E-state index contributed by atoms with van der Waals surface area (Å²) >= 11 is 0. The molecule has 1 atom stereocenters. The van der Waals surface area contributed by atoms with Crippen molar-refractivity contribution in [3.8, 4) is 23.1 Å². The fourth-order valence-electron chi connectivity index (χ4n) is 4.47. The molecule has 0 amide bonds. The Bertz CT molecular complexity index is 1800. The zero-order valence-electron chi connectivity index (χ0n) is 22.5. The first-order valence-electron chi connectivity index (χ1n) is 12.5. The second-order valence-electron chi connectivity index (χ2n) is 9.04. The number of hydrogen-bond acceptors (Lipinski definition) is 9. The van der Waals surface area contributed by atoms with Gasteiger partial charge in [-0.3, -0.25) is 14.3 Å². The lowest BCUT2D eigenvalue weighted by molar-refractivity contribution is 0.116. The number of benzene rings is 2. The molecule has 0 saturated heterocycles. The van der Waals surface area contributed by atoms with Crippen LogP contribution in [0.5, 0.6) is 5.88 Å². The molecule has 0 aliphatic heterocycles. The average molecular weight is 579 g/mol. The summed E-state index contributed by atoms with van der Waals surface area (Å²) in [6.45, 7) is 3.37. The number of rotatable bonds is 10. The summed E-state index contributed by atoms with van der Waals surface area (Å²) < 4.78 is 54.6. The van der Waals surface area contributed by atoms with Crippen molar-refractivity contribution in [2.24, 2.45) is 0 Å². The number of sulfone groups is 1. The first kappa shape index (κ1) is 29.5. The first-order valence-corrected chi connectivity index (χ1v) is 14.0. The van der Waals surface area contributed by atoms with Gasteiger partial charge in [-0.25, -0.2) is 12.8 Å². The molecule has 4 rings (SSSR count). The van der Waals surface area contributed by atoms with Gasteiger partial charge in [0.05, 0.1) is 29.2 Å². The van der Waals surface area contributed by atoms with Gasteiger partial charge in [0.25, 0.3) is 5.56 Å². The highest BCUT2D eigenvalue weighted by molar-refractivity contribution is 7.91. The lowest BCUT2D eigenvalue weighted by Gasteiger charge is -2.24. The monoisotopic (exact) mass is 578 g/mol. The van der Waals surface area contributed by atoms with Crippen LogP contribution in [0.4, 0.5) is 4.39 Å². The Morgan fingerprint density at radius 2 is 1.95 bits per heavy atom. The van der Waals surface area contributed by atoms with Crippen molar-refractivity contribution in [3.63, 3.8) is 0 Å². The third kappa shape index (κ3) is 5.88. The van der Waals surface area contributed by atoms with Crippen LogP contribution >= 0.6 is 0 Å². The number of aromatic nitrogens is 3. The Labute approximate surface area is 236 Å². The maximum absolute atomic E-state index is 15.3. The van der Waals surface area contributed by atoms with Crippen molar-refractivity contribution < 1.29 is 27.4 Å². The van der Waals surface area contributed by atoms with Crippen LogP contribution in [0.25, 0.3) is 11.1 Å². The van der Waals surface area contributed by atoms with Crippen LogP contribution in [0.2, 0.25) is 0 Å². The summed E-state index contributed by atoms with van der Waals surface area (Å²) in [6, 6.07) is 12.3. The third-order valence-electron chi connectivity index (χ3n) is 6.43. The number of nitriles is 1. The second-order valence-corrected chi connectivity index (χ2v) is 10.9. The third-order valence-corrected chi connectivity index (χ3v) is 8.20. The van der Waals surface area contributed by atoms with E-state index >= 15 is 4.39 Å². The molecule has 0 bridgehead atoms. The molecular formula is C29H27FN4O6S. The van der Waals surface area contributed by atoms with Gasteiger partial charge in [-0.1, -0.05) is 18.2 Å². The van der Waals surface area contributed by atoms with E-state index in [-0.39, 0.29) is 31.2 Å². The number of halogens is 1. The summed E-state index contributed by atoms with van der Waals surface area (Å²) in [4.78, 5) is 20.4. The van der Waals surface area contributed by atoms with Gasteiger partial charge in [-0.2, -0.15) is 10.2 Å². The molecule has 41 heavy (non-hydrogen) atoms. The summed E-state index contributed by atoms with van der Waals surface area (Å²) in [6.07, 6.45) is 3.04. The first-order chi connectivity index (χ1) is 19.6. The summed E-state index contributed by atoms with van der Waals surface area (Å²) in [5.41, 5.74) is 1.02. The molecule has 1 N–H and O–H groups in total. The minimum atomic E-state index is -4.77. The van der Waals surface area contributed by atoms with E-state index in [9.17, 15) is 23.6 Å². The highest BCUT2D eigenvalue weighted by Gasteiger charge is 2.33. The van der Waals surface area contributed by atoms with E-state index in [0.717, 1.165) is 16.7 Å². The minimum Gasteiger partial charge on any atom is -0.492 e. The van der Waals surface area contributed by atoms with E-state index < -0.39 is 42.9 Å². The molecule has 0 spiro atoms. The minimum absolute atomic E-state index is 0.0626. The predicted octanol–water partition coefficient (Wildman–Crippen LogP) is 3.94. The van der Waals surface area contributed by atoms with Crippen LogP contribution < -0.4 is 5.56 Å². The average Bonchev–Trinajstić information content (AvgIpc) is 2.95. The summed E-state index contributed by atoms with van der Waals surface area (Å²) in [5.74, 6) is -1.95. The molecule has 2 aromatic carbocycles. The molecule has 0 fully saturated rings. The SMILES string of the molecule is CCOCc1nc(O)c(S(=O)(=O)c2ccc(-c3ccncc3C)c(F)c2)c(=O)n1C(COC)c1cccc(C#N)c1. The molecule has 0 aliphatic carbocycles. The lowest BCUT2D eigenvalue weighted by atomic mass is 10.0. The molecule has 10 nitrogen and oxygen atoms in total. The van der Waals surface area contributed by atoms with Crippen LogP contribution in [0.15, 0.2) is 75.5 Å². The molecule has 0 aliphatic rings. The van der Waals surface area contributed by atoms with Gasteiger partial charge in [0, 0.05) is 31.7 Å². The normalized spacial score (nSPS) is 12.2. The van der Waals surface area contributed by atoms with Crippen molar-refractivity contribution in [1.82, 2.24) is 14.5 Å². The number of pyridine rings is 1.